The van der Waals surface area contributed by atoms with Crippen molar-refractivity contribution in [2.45, 2.75) is 38.5 Å². The number of hydrogen-bond acceptors (Lipinski definition) is 3. The summed E-state index contributed by atoms with van der Waals surface area (Å²) in [5.41, 5.74) is 0. The molecule has 0 aliphatic heterocycles. The molecule has 1 aliphatic carbocycles. The van der Waals surface area contributed by atoms with Crippen LogP contribution in [0.4, 0.5) is 0 Å². The largest absolute Gasteiger partial charge is 0.396 e. The highest BCUT2D eigenvalue weighted by Gasteiger charge is 2.27. The van der Waals surface area contributed by atoms with Gasteiger partial charge in [-0.05, 0) is 56.3 Å². The third-order valence-corrected chi connectivity index (χ3v) is 4.00. The molecule has 1 N–H and O–H groups in total. The Morgan fingerprint density at radius 3 is 1.59 bits per heavy atom. The highest BCUT2D eigenvalue weighted by atomic mass is 16.5. The van der Waals surface area contributed by atoms with E-state index in [-0.39, 0.29) is 0 Å². The van der Waals surface area contributed by atoms with Crippen LogP contribution in [0.1, 0.15) is 38.5 Å². The Balaban J connectivity index is 2.37. The zero-order valence-electron chi connectivity index (χ0n) is 11.4. The molecule has 1 saturated carbocycles. The van der Waals surface area contributed by atoms with Crippen LogP contribution in [0, 0.1) is 17.8 Å². The summed E-state index contributed by atoms with van der Waals surface area (Å²) in [4.78, 5) is 0. The van der Waals surface area contributed by atoms with E-state index in [2.05, 4.69) is 0 Å². The Labute approximate surface area is 105 Å². The van der Waals surface area contributed by atoms with Gasteiger partial charge in [0.05, 0.1) is 0 Å². The van der Waals surface area contributed by atoms with Crippen LogP contribution >= 0.6 is 0 Å². The van der Waals surface area contributed by atoms with Gasteiger partial charge in [-0.15, -0.1) is 0 Å². The first-order valence-corrected chi connectivity index (χ1v) is 6.88. The lowest BCUT2D eigenvalue weighted by Crippen LogP contribution is -2.25. The van der Waals surface area contributed by atoms with Gasteiger partial charge in [0.25, 0.3) is 0 Å². The van der Waals surface area contributed by atoms with Crippen molar-refractivity contribution in [1.82, 2.24) is 0 Å². The van der Waals surface area contributed by atoms with Gasteiger partial charge in [-0.3, -0.25) is 0 Å². The summed E-state index contributed by atoms with van der Waals surface area (Å²) in [7, 11) is 3.55. The molecule has 0 heterocycles. The van der Waals surface area contributed by atoms with Crippen molar-refractivity contribution in [3.05, 3.63) is 0 Å². The molecule has 2 atom stereocenters. The number of rotatable bonds is 8. The van der Waals surface area contributed by atoms with Crippen molar-refractivity contribution in [3.8, 4) is 0 Å². The Bertz CT molecular complexity index is 168. The summed E-state index contributed by atoms with van der Waals surface area (Å²) >= 11 is 0. The van der Waals surface area contributed by atoms with E-state index >= 15 is 0 Å². The lowest BCUT2D eigenvalue weighted by atomic mass is 9.72. The second-order valence-corrected chi connectivity index (χ2v) is 5.38. The number of methoxy groups -OCH3 is 2. The van der Waals surface area contributed by atoms with E-state index in [1.54, 1.807) is 14.2 Å². The average molecular weight is 244 g/mol. The molecular weight excluding hydrogens is 216 g/mol. The Kier molecular flexibility index (Phi) is 7.82. The topological polar surface area (TPSA) is 38.7 Å². The third-order valence-electron chi connectivity index (χ3n) is 4.00. The van der Waals surface area contributed by atoms with Crippen molar-refractivity contribution in [2.24, 2.45) is 17.8 Å². The molecule has 3 nitrogen and oxygen atoms in total. The minimum atomic E-state index is 0.332. The van der Waals surface area contributed by atoms with E-state index in [4.69, 9.17) is 14.6 Å². The van der Waals surface area contributed by atoms with Crippen molar-refractivity contribution < 1.29 is 14.6 Å². The highest BCUT2D eigenvalue weighted by molar-refractivity contribution is 4.79. The van der Waals surface area contributed by atoms with Crippen LogP contribution in [0.3, 0.4) is 0 Å². The maximum Gasteiger partial charge on any atom is 0.0464 e. The predicted octanol–water partition coefficient (Wildman–Crippen LogP) is 2.47. The SMILES string of the molecule is COCCC1CC(CCO)CC(CCOC)C1. The van der Waals surface area contributed by atoms with Crippen LogP contribution in [-0.2, 0) is 9.47 Å². The summed E-state index contributed by atoms with van der Waals surface area (Å²) < 4.78 is 10.4. The average Bonchev–Trinajstić information content (AvgIpc) is 2.34. The number of aliphatic hydroxyl groups is 1. The fraction of sp³-hybridized carbons (Fsp3) is 1.00. The zero-order valence-corrected chi connectivity index (χ0v) is 11.4. The van der Waals surface area contributed by atoms with Gasteiger partial charge in [-0.25, -0.2) is 0 Å². The quantitative estimate of drug-likeness (QED) is 0.713. The molecule has 0 aromatic rings. The van der Waals surface area contributed by atoms with Crippen LogP contribution in [0.2, 0.25) is 0 Å². The van der Waals surface area contributed by atoms with Gasteiger partial charge in [0.2, 0.25) is 0 Å². The van der Waals surface area contributed by atoms with Crippen molar-refractivity contribution in [3.63, 3.8) is 0 Å². The van der Waals surface area contributed by atoms with E-state index in [0.29, 0.717) is 12.5 Å². The van der Waals surface area contributed by atoms with Gasteiger partial charge in [-0.2, -0.15) is 0 Å². The standard InChI is InChI=1S/C14H28O3/c1-16-7-4-13-9-12(3-6-15)10-14(11-13)5-8-17-2/h12-15H,3-11H2,1-2H3. The summed E-state index contributed by atoms with van der Waals surface area (Å²) in [5, 5.41) is 9.09. The van der Waals surface area contributed by atoms with E-state index in [9.17, 15) is 0 Å². The minimum Gasteiger partial charge on any atom is -0.396 e. The van der Waals surface area contributed by atoms with Gasteiger partial charge in [0, 0.05) is 34.0 Å². The molecule has 17 heavy (non-hydrogen) atoms. The lowest BCUT2D eigenvalue weighted by molar-refractivity contribution is 0.0982. The van der Waals surface area contributed by atoms with Crippen molar-refractivity contribution in [2.75, 3.05) is 34.0 Å². The molecule has 0 radical (unpaired) electrons. The molecule has 3 heteroatoms. The molecule has 0 bridgehead atoms. The number of ether oxygens (including phenoxy) is 2. The van der Waals surface area contributed by atoms with Gasteiger partial charge in [0.1, 0.15) is 0 Å². The van der Waals surface area contributed by atoms with E-state index in [1.165, 1.54) is 32.1 Å². The second kappa shape index (κ2) is 8.90. The molecule has 0 saturated heterocycles. The van der Waals surface area contributed by atoms with E-state index < -0.39 is 0 Å². The first kappa shape index (κ1) is 14.9. The first-order valence-electron chi connectivity index (χ1n) is 6.88. The first-order chi connectivity index (χ1) is 8.30. The van der Waals surface area contributed by atoms with Gasteiger partial charge < -0.3 is 14.6 Å². The fourth-order valence-electron chi connectivity index (χ4n) is 3.16. The normalized spacial score (nSPS) is 29.5. The second-order valence-electron chi connectivity index (χ2n) is 5.38. The summed E-state index contributed by atoms with van der Waals surface area (Å²) in [6.07, 6.45) is 7.16. The predicted molar refractivity (Wildman–Crippen MR) is 69.0 cm³/mol. The number of aliphatic hydroxyl groups excluding tert-OH is 1. The Morgan fingerprint density at radius 1 is 0.824 bits per heavy atom. The minimum absolute atomic E-state index is 0.332. The molecule has 1 rings (SSSR count). The van der Waals surface area contributed by atoms with Crippen LogP contribution in [0.15, 0.2) is 0 Å². The van der Waals surface area contributed by atoms with Crippen LogP contribution < -0.4 is 0 Å². The van der Waals surface area contributed by atoms with Crippen molar-refractivity contribution in [1.29, 1.82) is 0 Å². The molecule has 1 aliphatic rings. The van der Waals surface area contributed by atoms with E-state index in [0.717, 1.165) is 31.5 Å². The van der Waals surface area contributed by atoms with Crippen LogP contribution in [0.25, 0.3) is 0 Å². The molecule has 0 aromatic heterocycles. The summed E-state index contributed by atoms with van der Waals surface area (Å²) in [6, 6.07) is 0. The zero-order chi connectivity index (χ0) is 12.5. The lowest BCUT2D eigenvalue weighted by Gasteiger charge is -2.35. The Morgan fingerprint density at radius 2 is 1.24 bits per heavy atom. The molecule has 0 spiro atoms. The smallest absolute Gasteiger partial charge is 0.0464 e. The monoisotopic (exact) mass is 244 g/mol. The van der Waals surface area contributed by atoms with Crippen LogP contribution in [-0.4, -0.2) is 39.1 Å². The molecule has 102 valence electrons. The van der Waals surface area contributed by atoms with Gasteiger partial charge in [0.15, 0.2) is 0 Å². The van der Waals surface area contributed by atoms with Crippen LogP contribution in [0.5, 0.6) is 0 Å². The van der Waals surface area contributed by atoms with Crippen molar-refractivity contribution >= 4 is 0 Å². The fourth-order valence-corrected chi connectivity index (χ4v) is 3.16. The summed E-state index contributed by atoms with van der Waals surface area (Å²) in [5.74, 6) is 2.27. The molecule has 0 aromatic carbocycles. The van der Waals surface area contributed by atoms with E-state index in [1.807, 2.05) is 0 Å². The third kappa shape index (κ3) is 5.84. The molecule has 2 unspecified atom stereocenters. The maximum absolute atomic E-state index is 9.09. The maximum atomic E-state index is 9.09. The molecule has 0 amide bonds. The highest BCUT2D eigenvalue weighted by Crippen LogP contribution is 2.38. The molecular formula is C14H28O3. The molecule has 1 fully saturated rings. The number of hydrogen-bond donors (Lipinski definition) is 1. The van der Waals surface area contributed by atoms with Gasteiger partial charge >= 0.3 is 0 Å². The Hall–Kier alpha value is -0.120. The summed E-state index contributed by atoms with van der Waals surface area (Å²) in [6.45, 7) is 2.07. The van der Waals surface area contributed by atoms with Gasteiger partial charge in [-0.1, -0.05) is 0 Å².